The van der Waals surface area contributed by atoms with Crippen LogP contribution >= 0.6 is 46.6 Å². The molecule has 0 aliphatic rings. The average molecular weight is 447 g/mol. The van der Waals surface area contributed by atoms with Crippen molar-refractivity contribution in [2.45, 2.75) is 31.0 Å². The molecule has 0 spiro atoms. The van der Waals surface area contributed by atoms with Gasteiger partial charge in [0.25, 0.3) is 0 Å². The molecular weight excluding hydrogens is 432 g/mol. The first-order valence-electron chi connectivity index (χ1n) is 8.04. The SMILES string of the molecule is CCn1c(COc2cc(Cl)ccc2Cl)nnc1SCc1ccc(F)cc1Cl. The second kappa shape index (κ2) is 9.15. The molecule has 9 heteroatoms. The van der Waals surface area contributed by atoms with Gasteiger partial charge in [-0.1, -0.05) is 52.6 Å². The molecular formula is C18H15Cl3FN3OS. The van der Waals surface area contributed by atoms with Gasteiger partial charge in [0.1, 0.15) is 18.2 Å². The monoisotopic (exact) mass is 445 g/mol. The maximum atomic E-state index is 13.2. The number of aromatic nitrogens is 3. The van der Waals surface area contributed by atoms with Crippen LogP contribution in [-0.4, -0.2) is 14.8 Å². The molecule has 3 rings (SSSR count). The number of thioether (sulfide) groups is 1. The van der Waals surface area contributed by atoms with Gasteiger partial charge >= 0.3 is 0 Å². The number of hydrogen-bond donors (Lipinski definition) is 0. The first-order valence-corrected chi connectivity index (χ1v) is 10.2. The molecule has 0 amide bonds. The summed E-state index contributed by atoms with van der Waals surface area (Å²) < 4.78 is 20.8. The zero-order chi connectivity index (χ0) is 19.4. The summed E-state index contributed by atoms with van der Waals surface area (Å²) in [5.74, 6) is 1.35. The Kier molecular flexibility index (Phi) is 6.87. The minimum Gasteiger partial charge on any atom is -0.484 e. The summed E-state index contributed by atoms with van der Waals surface area (Å²) in [4.78, 5) is 0. The Labute approximate surface area is 175 Å². The predicted octanol–water partition coefficient (Wildman–Crippen LogP) is 6.27. The second-order valence-corrected chi connectivity index (χ2v) is 7.72. The second-order valence-electron chi connectivity index (χ2n) is 5.53. The minimum absolute atomic E-state index is 0.207. The van der Waals surface area contributed by atoms with Gasteiger partial charge in [-0.3, -0.25) is 0 Å². The summed E-state index contributed by atoms with van der Waals surface area (Å²) >= 11 is 19.6. The lowest BCUT2D eigenvalue weighted by Gasteiger charge is -2.10. The van der Waals surface area contributed by atoms with Crippen LogP contribution in [0.4, 0.5) is 4.39 Å². The summed E-state index contributed by atoms with van der Waals surface area (Å²) in [5.41, 5.74) is 0.831. The fourth-order valence-electron chi connectivity index (χ4n) is 2.36. The van der Waals surface area contributed by atoms with Crippen LogP contribution in [0.5, 0.6) is 5.75 Å². The van der Waals surface area contributed by atoms with Crippen molar-refractivity contribution in [3.05, 3.63) is 68.7 Å². The number of nitrogens with zero attached hydrogens (tertiary/aromatic N) is 3. The van der Waals surface area contributed by atoms with Gasteiger partial charge in [-0.15, -0.1) is 10.2 Å². The van der Waals surface area contributed by atoms with Gasteiger partial charge in [0.15, 0.2) is 11.0 Å². The lowest BCUT2D eigenvalue weighted by atomic mass is 10.2. The molecule has 0 unspecified atom stereocenters. The molecule has 0 atom stereocenters. The maximum Gasteiger partial charge on any atom is 0.191 e. The van der Waals surface area contributed by atoms with Crippen molar-refractivity contribution in [2.75, 3.05) is 0 Å². The van der Waals surface area contributed by atoms with Crippen LogP contribution < -0.4 is 4.74 Å². The molecule has 0 aliphatic carbocycles. The van der Waals surface area contributed by atoms with Gasteiger partial charge in [0, 0.05) is 28.4 Å². The van der Waals surface area contributed by atoms with Crippen LogP contribution in [0.1, 0.15) is 18.3 Å². The highest BCUT2D eigenvalue weighted by Gasteiger charge is 2.14. The smallest absolute Gasteiger partial charge is 0.191 e. The third-order valence-corrected chi connectivity index (χ3v) is 5.65. The van der Waals surface area contributed by atoms with E-state index in [4.69, 9.17) is 39.5 Å². The van der Waals surface area contributed by atoms with E-state index in [0.29, 0.717) is 38.9 Å². The Morgan fingerprint density at radius 2 is 1.89 bits per heavy atom. The first-order chi connectivity index (χ1) is 13.0. The largest absolute Gasteiger partial charge is 0.484 e. The van der Waals surface area contributed by atoms with Crippen molar-refractivity contribution in [1.29, 1.82) is 0 Å². The third kappa shape index (κ3) is 5.08. The molecule has 0 fully saturated rings. The molecule has 0 bridgehead atoms. The zero-order valence-electron chi connectivity index (χ0n) is 14.3. The maximum absolute atomic E-state index is 13.2. The van der Waals surface area contributed by atoms with Gasteiger partial charge in [0.05, 0.1) is 5.02 Å². The molecule has 1 heterocycles. The quantitative estimate of drug-likeness (QED) is 0.401. The van der Waals surface area contributed by atoms with Crippen LogP contribution in [0, 0.1) is 5.82 Å². The molecule has 1 aromatic heterocycles. The number of hydrogen-bond acceptors (Lipinski definition) is 4. The lowest BCUT2D eigenvalue weighted by molar-refractivity contribution is 0.288. The molecule has 0 saturated carbocycles. The van der Waals surface area contributed by atoms with Gasteiger partial charge in [-0.25, -0.2) is 4.39 Å². The van der Waals surface area contributed by atoms with Crippen LogP contribution in [0.2, 0.25) is 15.1 Å². The Morgan fingerprint density at radius 3 is 2.63 bits per heavy atom. The fourth-order valence-corrected chi connectivity index (χ4v) is 4.03. The van der Waals surface area contributed by atoms with Crippen LogP contribution in [-0.2, 0) is 18.9 Å². The van der Waals surface area contributed by atoms with E-state index in [2.05, 4.69) is 10.2 Å². The van der Waals surface area contributed by atoms with E-state index in [1.807, 2.05) is 11.5 Å². The predicted molar refractivity (Wildman–Crippen MR) is 107 cm³/mol. The van der Waals surface area contributed by atoms with E-state index in [0.717, 1.165) is 10.7 Å². The van der Waals surface area contributed by atoms with Crippen molar-refractivity contribution in [3.8, 4) is 5.75 Å². The molecule has 3 aromatic rings. The Bertz CT molecular complexity index is 952. The summed E-state index contributed by atoms with van der Waals surface area (Å²) in [5, 5.41) is 10.6. The topological polar surface area (TPSA) is 39.9 Å². The van der Waals surface area contributed by atoms with Gasteiger partial charge in [0.2, 0.25) is 0 Å². The highest BCUT2D eigenvalue weighted by molar-refractivity contribution is 7.98. The van der Waals surface area contributed by atoms with Gasteiger partial charge in [-0.2, -0.15) is 0 Å². The number of benzene rings is 2. The summed E-state index contributed by atoms with van der Waals surface area (Å²) in [6.45, 7) is 2.88. The summed E-state index contributed by atoms with van der Waals surface area (Å²) in [6.07, 6.45) is 0. The highest BCUT2D eigenvalue weighted by Crippen LogP contribution is 2.29. The van der Waals surface area contributed by atoms with Gasteiger partial charge < -0.3 is 9.30 Å². The van der Waals surface area contributed by atoms with E-state index in [-0.39, 0.29) is 12.4 Å². The first kappa shape index (κ1) is 20.3. The van der Waals surface area contributed by atoms with Crippen LogP contribution in [0.15, 0.2) is 41.6 Å². The Hall–Kier alpha value is -1.47. The van der Waals surface area contributed by atoms with Crippen molar-refractivity contribution in [1.82, 2.24) is 14.8 Å². The molecule has 142 valence electrons. The normalized spacial score (nSPS) is 11.0. The highest BCUT2D eigenvalue weighted by atomic mass is 35.5. The fraction of sp³-hybridized carbons (Fsp3) is 0.222. The van der Waals surface area contributed by atoms with E-state index < -0.39 is 0 Å². The van der Waals surface area contributed by atoms with E-state index in [9.17, 15) is 4.39 Å². The van der Waals surface area contributed by atoms with Crippen molar-refractivity contribution in [2.24, 2.45) is 0 Å². The molecule has 27 heavy (non-hydrogen) atoms. The van der Waals surface area contributed by atoms with Crippen molar-refractivity contribution >= 4 is 46.6 Å². The molecule has 2 aromatic carbocycles. The van der Waals surface area contributed by atoms with Crippen LogP contribution in [0.25, 0.3) is 0 Å². The van der Waals surface area contributed by atoms with Crippen molar-refractivity contribution in [3.63, 3.8) is 0 Å². The number of rotatable bonds is 7. The number of ether oxygens (including phenoxy) is 1. The minimum atomic E-state index is -0.357. The molecule has 4 nitrogen and oxygen atoms in total. The van der Waals surface area contributed by atoms with E-state index in [1.54, 1.807) is 24.3 Å². The average Bonchev–Trinajstić information content (AvgIpc) is 3.03. The standard InChI is InChI=1S/C18H15Cl3FN3OS/c1-2-25-17(9-26-16-7-12(19)4-6-14(16)20)23-24-18(25)27-10-11-3-5-13(22)8-15(11)21/h3-8H,2,9-10H2,1H3. The number of halogens is 4. The summed E-state index contributed by atoms with van der Waals surface area (Å²) in [7, 11) is 0. The van der Waals surface area contributed by atoms with Crippen LogP contribution in [0.3, 0.4) is 0 Å². The third-order valence-electron chi connectivity index (χ3n) is 3.73. The Morgan fingerprint density at radius 1 is 1.07 bits per heavy atom. The molecule has 0 aliphatic heterocycles. The van der Waals surface area contributed by atoms with Crippen molar-refractivity contribution < 1.29 is 9.13 Å². The van der Waals surface area contributed by atoms with E-state index in [1.165, 1.54) is 23.9 Å². The molecule has 0 radical (unpaired) electrons. The zero-order valence-corrected chi connectivity index (χ0v) is 17.3. The summed E-state index contributed by atoms with van der Waals surface area (Å²) in [6, 6.07) is 9.39. The Balaban J connectivity index is 1.70. The van der Waals surface area contributed by atoms with Gasteiger partial charge in [-0.05, 0) is 36.8 Å². The van der Waals surface area contributed by atoms with E-state index >= 15 is 0 Å². The lowest BCUT2D eigenvalue weighted by Crippen LogP contribution is -2.07. The molecule has 0 N–H and O–H groups in total. The molecule has 0 saturated heterocycles.